The predicted molar refractivity (Wildman–Crippen MR) is 61.8 cm³/mol. The van der Waals surface area contributed by atoms with E-state index in [2.05, 4.69) is 5.32 Å². The molecule has 0 amide bonds. The molecule has 0 saturated heterocycles. The second-order valence-electron chi connectivity index (χ2n) is 3.34. The van der Waals surface area contributed by atoms with Crippen LogP contribution in [0.2, 0.25) is 0 Å². The Balaban J connectivity index is 2.70. The van der Waals surface area contributed by atoms with Crippen LogP contribution >= 0.6 is 0 Å². The number of ether oxygens (including phenoxy) is 1. The summed E-state index contributed by atoms with van der Waals surface area (Å²) in [6.07, 6.45) is 0. The van der Waals surface area contributed by atoms with Crippen molar-refractivity contribution in [3.8, 4) is 5.75 Å². The van der Waals surface area contributed by atoms with Crippen LogP contribution in [0.5, 0.6) is 5.75 Å². The minimum absolute atomic E-state index is 0.00954. The van der Waals surface area contributed by atoms with Crippen LogP contribution in [0.1, 0.15) is 6.92 Å². The molecule has 0 saturated carbocycles. The van der Waals surface area contributed by atoms with E-state index in [0.717, 1.165) is 12.6 Å². The van der Waals surface area contributed by atoms with Gasteiger partial charge in [-0.2, -0.15) is 0 Å². The van der Waals surface area contributed by atoms with Crippen LogP contribution in [-0.4, -0.2) is 28.1 Å². The van der Waals surface area contributed by atoms with Crippen LogP contribution < -0.4 is 15.2 Å². The highest BCUT2D eigenvalue weighted by atomic mass is 32.2. The molecule has 0 radical (unpaired) electrons. The molecular formula is C10H15FN2O3S. The summed E-state index contributed by atoms with van der Waals surface area (Å²) in [5, 5.41) is 7.88. The van der Waals surface area contributed by atoms with Gasteiger partial charge in [-0.3, -0.25) is 0 Å². The number of sulfonamides is 1. The fourth-order valence-electron chi connectivity index (χ4n) is 1.19. The molecule has 0 aliphatic carbocycles. The van der Waals surface area contributed by atoms with Crippen LogP contribution in [0.25, 0.3) is 0 Å². The van der Waals surface area contributed by atoms with Gasteiger partial charge < -0.3 is 10.1 Å². The third-order valence-corrected chi connectivity index (χ3v) is 2.93. The number of nitrogens with two attached hydrogens (primary N) is 1. The maximum atomic E-state index is 13.4. The fourth-order valence-corrected chi connectivity index (χ4v) is 1.71. The highest BCUT2D eigenvalue weighted by molar-refractivity contribution is 7.89. The lowest BCUT2D eigenvalue weighted by molar-refractivity contribution is 0.299. The summed E-state index contributed by atoms with van der Waals surface area (Å²) in [6.45, 7) is 3.64. The Bertz CT molecular complexity index is 476. The minimum Gasteiger partial charge on any atom is -0.489 e. The lowest BCUT2D eigenvalue weighted by atomic mass is 10.3. The van der Waals surface area contributed by atoms with Crippen LogP contribution in [0.3, 0.4) is 0 Å². The van der Waals surface area contributed by atoms with E-state index < -0.39 is 15.8 Å². The Morgan fingerprint density at radius 1 is 1.47 bits per heavy atom. The normalized spacial score (nSPS) is 11.5. The number of likely N-dealkylation sites (N-methyl/N-ethyl adjacent to an activating group) is 1. The van der Waals surface area contributed by atoms with Crippen molar-refractivity contribution in [3.63, 3.8) is 0 Å². The van der Waals surface area contributed by atoms with Gasteiger partial charge in [-0.1, -0.05) is 6.92 Å². The Morgan fingerprint density at radius 2 is 2.18 bits per heavy atom. The van der Waals surface area contributed by atoms with Crippen LogP contribution in [0.15, 0.2) is 23.1 Å². The molecule has 1 aromatic rings. The van der Waals surface area contributed by atoms with Crippen molar-refractivity contribution in [1.29, 1.82) is 0 Å². The van der Waals surface area contributed by atoms with Gasteiger partial charge in [0, 0.05) is 6.54 Å². The van der Waals surface area contributed by atoms with Gasteiger partial charge in [0.25, 0.3) is 0 Å². The molecule has 0 bridgehead atoms. The van der Waals surface area contributed by atoms with Crippen molar-refractivity contribution in [2.45, 2.75) is 11.8 Å². The molecule has 0 aliphatic heterocycles. The first-order valence-corrected chi connectivity index (χ1v) is 6.65. The van der Waals surface area contributed by atoms with Crippen molar-refractivity contribution in [3.05, 3.63) is 24.0 Å². The second-order valence-corrected chi connectivity index (χ2v) is 4.90. The molecule has 3 N–H and O–H groups in total. The molecular weight excluding hydrogens is 247 g/mol. The Kier molecular flexibility index (Phi) is 4.86. The SMILES string of the molecule is CCNCCOc1ccc(S(N)(=O)=O)cc1F. The summed E-state index contributed by atoms with van der Waals surface area (Å²) >= 11 is 0. The van der Waals surface area contributed by atoms with Crippen LogP contribution in [0.4, 0.5) is 4.39 Å². The largest absolute Gasteiger partial charge is 0.489 e. The van der Waals surface area contributed by atoms with Gasteiger partial charge in [-0.15, -0.1) is 0 Å². The molecule has 0 aliphatic rings. The first kappa shape index (κ1) is 13.9. The smallest absolute Gasteiger partial charge is 0.238 e. The first-order chi connectivity index (χ1) is 7.95. The summed E-state index contributed by atoms with van der Waals surface area (Å²) in [4.78, 5) is -0.269. The molecule has 1 aromatic carbocycles. The molecule has 0 heterocycles. The highest BCUT2D eigenvalue weighted by Crippen LogP contribution is 2.20. The number of benzene rings is 1. The molecule has 0 aromatic heterocycles. The number of nitrogens with one attached hydrogen (secondary N) is 1. The molecule has 96 valence electrons. The van der Waals surface area contributed by atoms with E-state index in [9.17, 15) is 12.8 Å². The molecule has 0 fully saturated rings. The lowest BCUT2D eigenvalue weighted by Crippen LogP contribution is -2.20. The van der Waals surface area contributed by atoms with E-state index in [4.69, 9.17) is 9.88 Å². The Morgan fingerprint density at radius 3 is 2.71 bits per heavy atom. The quantitative estimate of drug-likeness (QED) is 0.730. The Labute approximate surface area is 99.8 Å². The molecule has 7 heteroatoms. The molecule has 0 spiro atoms. The third kappa shape index (κ3) is 4.29. The van der Waals surface area contributed by atoms with Crippen molar-refractivity contribution in [1.82, 2.24) is 5.32 Å². The average molecular weight is 262 g/mol. The fraction of sp³-hybridized carbons (Fsp3) is 0.400. The maximum absolute atomic E-state index is 13.4. The number of primary sulfonamides is 1. The zero-order chi connectivity index (χ0) is 12.9. The average Bonchev–Trinajstić information content (AvgIpc) is 2.24. The Hall–Kier alpha value is -1.18. The first-order valence-electron chi connectivity index (χ1n) is 5.11. The van der Waals surface area contributed by atoms with Crippen molar-refractivity contribution < 1.29 is 17.5 Å². The van der Waals surface area contributed by atoms with E-state index in [1.165, 1.54) is 12.1 Å². The van der Waals surface area contributed by atoms with Gasteiger partial charge >= 0.3 is 0 Å². The van der Waals surface area contributed by atoms with Gasteiger partial charge in [0.1, 0.15) is 6.61 Å². The lowest BCUT2D eigenvalue weighted by Gasteiger charge is -2.08. The van der Waals surface area contributed by atoms with Gasteiger partial charge in [0.15, 0.2) is 11.6 Å². The van der Waals surface area contributed by atoms with Gasteiger partial charge in [0.2, 0.25) is 10.0 Å². The third-order valence-electron chi connectivity index (χ3n) is 2.02. The number of halogens is 1. The molecule has 17 heavy (non-hydrogen) atoms. The standard InChI is InChI=1S/C10H15FN2O3S/c1-2-13-5-6-16-10-4-3-8(7-9(10)11)17(12,14)15/h3-4,7,13H,2,5-6H2,1H3,(H2,12,14,15). The zero-order valence-corrected chi connectivity index (χ0v) is 10.3. The van der Waals surface area contributed by atoms with Gasteiger partial charge in [-0.25, -0.2) is 17.9 Å². The van der Waals surface area contributed by atoms with Crippen LogP contribution in [0, 0.1) is 5.82 Å². The van der Waals surface area contributed by atoms with E-state index >= 15 is 0 Å². The summed E-state index contributed by atoms with van der Waals surface area (Å²) in [7, 11) is -3.88. The van der Waals surface area contributed by atoms with E-state index in [-0.39, 0.29) is 10.6 Å². The van der Waals surface area contributed by atoms with Crippen molar-refractivity contribution >= 4 is 10.0 Å². The molecule has 0 atom stereocenters. The molecule has 1 rings (SSSR count). The zero-order valence-electron chi connectivity index (χ0n) is 9.44. The molecule has 5 nitrogen and oxygen atoms in total. The monoisotopic (exact) mass is 262 g/mol. The van der Waals surface area contributed by atoms with Crippen molar-refractivity contribution in [2.75, 3.05) is 19.7 Å². The highest BCUT2D eigenvalue weighted by Gasteiger charge is 2.11. The summed E-state index contributed by atoms with van der Waals surface area (Å²) in [5.41, 5.74) is 0. The summed E-state index contributed by atoms with van der Waals surface area (Å²) in [6, 6.07) is 3.31. The second kappa shape index (κ2) is 5.95. The number of hydrogen-bond acceptors (Lipinski definition) is 4. The summed E-state index contributed by atoms with van der Waals surface area (Å²) in [5.74, 6) is -0.733. The van der Waals surface area contributed by atoms with Crippen molar-refractivity contribution in [2.24, 2.45) is 5.14 Å². The van der Waals surface area contributed by atoms with Gasteiger partial charge in [-0.05, 0) is 24.7 Å². The van der Waals surface area contributed by atoms with E-state index in [1.54, 1.807) is 0 Å². The molecule has 0 unspecified atom stereocenters. The van der Waals surface area contributed by atoms with E-state index in [0.29, 0.717) is 13.2 Å². The predicted octanol–water partition coefficient (Wildman–Crippen LogP) is 0.461. The van der Waals surface area contributed by atoms with Gasteiger partial charge in [0.05, 0.1) is 4.90 Å². The van der Waals surface area contributed by atoms with E-state index in [1.807, 2.05) is 6.92 Å². The number of hydrogen-bond donors (Lipinski definition) is 2. The minimum atomic E-state index is -3.88. The summed E-state index contributed by atoms with van der Waals surface area (Å²) < 4.78 is 40.5. The maximum Gasteiger partial charge on any atom is 0.238 e. The van der Waals surface area contributed by atoms with Crippen LogP contribution in [-0.2, 0) is 10.0 Å². The topological polar surface area (TPSA) is 81.4 Å². The number of rotatable bonds is 6.